The number of aliphatic hydroxyl groups excluding tert-OH is 1. The van der Waals surface area contributed by atoms with Crippen LogP contribution in [0.2, 0.25) is 0 Å². The fourth-order valence-corrected chi connectivity index (χ4v) is 6.88. The van der Waals surface area contributed by atoms with Crippen LogP contribution in [0.4, 0.5) is 0 Å². The topological polar surface area (TPSA) is 87.2 Å². The molecule has 2 aromatic rings. The lowest BCUT2D eigenvalue weighted by atomic mass is 10.0. The summed E-state index contributed by atoms with van der Waals surface area (Å²) in [5.41, 5.74) is 1.63. The number of rotatable bonds is 6. The average molecular weight is 539 g/mol. The highest BCUT2D eigenvalue weighted by Crippen LogP contribution is 2.34. The first-order chi connectivity index (χ1) is 18.2. The number of benzene rings is 2. The highest BCUT2D eigenvalue weighted by Gasteiger charge is 2.38. The smallest absolute Gasteiger partial charge is 0.247 e. The number of carbonyl (C=O) groups excluding carboxylic acids is 1. The average Bonchev–Trinajstić information content (AvgIpc) is 3.43. The largest absolute Gasteiger partial charge is 0.487 e. The number of fused-ring (bicyclic) bond motifs is 1. The van der Waals surface area contributed by atoms with Gasteiger partial charge in [-0.2, -0.15) is 4.31 Å². The molecular formula is C30H38N2O5S. The molecule has 0 saturated heterocycles. The molecule has 0 spiro atoms. The normalized spacial score (nSPS) is 22.2. The maximum atomic E-state index is 13.7. The van der Waals surface area contributed by atoms with Crippen molar-refractivity contribution in [2.45, 2.75) is 63.0 Å². The molecule has 1 fully saturated rings. The number of amides is 1. The molecule has 204 valence electrons. The Labute approximate surface area is 226 Å². The van der Waals surface area contributed by atoms with Crippen molar-refractivity contribution in [1.29, 1.82) is 0 Å². The van der Waals surface area contributed by atoms with Gasteiger partial charge in [0.25, 0.3) is 0 Å². The van der Waals surface area contributed by atoms with Gasteiger partial charge in [0, 0.05) is 37.0 Å². The number of aliphatic hydroxyl groups is 1. The Hall–Kier alpha value is -2.86. The molecular weight excluding hydrogens is 500 g/mol. The summed E-state index contributed by atoms with van der Waals surface area (Å²) in [6, 6.07) is 13.9. The van der Waals surface area contributed by atoms with E-state index in [2.05, 4.69) is 11.8 Å². The standard InChI is InChI=1S/C30H38N2O5S/c1-22-19-32(23(2)21-33)38(35,36)29-16-15-26(14-13-24-9-7-8-10-24)17-27(29)37-28(22)20-31(3)30(34)18-25-11-5-4-6-12-25/h4-6,11-12,15-17,22-24,28,33H,7-10,18-21H2,1-3H3/t22-,23-,28+/m1/s1. The number of carbonyl (C=O) groups is 1. The maximum Gasteiger partial charge on any atom is 0.247 e. The Morgan fingerprint density at radius 3 is 2.58 bits per heavy atom. The Bertz CT molecular complexity index is 1280. The molecule has 7 nitrogen and oxygen atoms in total. The van der Waals surface area contributed by atoms with E-state index in [4.69, 9.17) is 4.74 Å². The van der Waals surface area contributed by atoms with E-state index in [9.17, 15) is 18.3 Å². The first-order valence-electron chi connectivity index (χ1n) is 13.4. The van der Waals surface area contributed by atoms with Crippen molar-refractivity contribution in [3.63, 3.8) is 0 Å². The Kier molecular flexibility index (Phi) is 9.14. The van der Waals surface area contributed by atoms with Crippen molar-refractivity contribution in [3.8, 4) is 17.6 Å². The first-order valence-corrected chi connectivity index (χ1v) is 14.9. The van der Waals surface area contributed by atoms with Gasteiger partial charge in [-0.25, -0.2) is 8.42 Å². The van der Waals surface area contributed by atoms with Crippen LogP contribution in [-0.2, 0) is 21.2 Å². The van der Waals surface area contributed by atoms with E-state index in [0.717, 1.165) is 18.4 Å². The van der Waals surface area contributed by atoms with E-state index in [1.54, 1.807) is 37.1 Å². The summed E-state index contributed by atoms with van der Waals surface area (Å²) in [6.45, 7) is 3.77. The van der Waals surface area contributed by atoms with Crippen molar-refractivity contribution in [1.82, 2.24) is 9.21 Å². The molecule has 2 aliphatic rings. The number of sulfonamides is 1. The van der Waals surface area contributed by atoms with E-state index in [-0.39, 0.29) is 42.0 Å². The molecule has 4 rings (SSSR count). The molecule has 0 radical (unpaired) electrons. The highest BCUT2D eigenvalue weighted by molar-refractivity contribution is 7.89. The van der Waals surface area contributed by atoms with Gasteiger partial charge in [0.05, 0.1) is 19.6 Å². The van der Waals surface area contributed by atoms with Gasteiger partial charge < -0.3 is 14.7 Å². The summed E-state index contributed by atoms with van der Waals surface area (Å²) in [4.78, 5) is 14.7. The third-order valence-electron chi connectivity index (χ3n) is 7.52. The van der Waals surface area contributed by atoms with Gasteiger partial charge in [-0.15, -0.1) is 0 Å². The van der Waals surface area contributed by atoms with Crippen LogP contribution in [-0.4, -0.2) is 67.5 Å². The van der Waals surface area contributed by atoms with Crippen LogP contribution in [0.5, 0.6) is 5.75 Å². The van der Waals surface area contributed by atoms with Crippen LogP contribution in [0.3, 0.4) is 0 Å². The zero-order valence-electron chi connectivity index (χ0n) is 22.5. The van der Waals surface area contributed by atoms with Gasteiger partial charge in [0.1, 0.15) is 16.7 Å². The Balaban J connectivity index is 1.64. The lowest BCUT2D eigenvalue weighted by molar-refractivity contribution is -0.130. The van der Waals surface area contributed by atoms with Crippen molar-refractivity contribution < 1.29 is 23.1 Å². The summed E-state index contributed by atoms with van der Waals surface area (Å²) in [5.74, 6) is 6.87. The molecule has 1 amide bonds. The molecule has 2 aromatic carbocycles. The van der Waals surface area contributed by atoms with Gasteiger partial charge in [0.2, 0.25) is 15.9 Å². The van der Waals surface area contributed by atoms with E-state index < -0.39 is 22.2 Å². The molecule has 1 saturated carbocycles. The lowest BCUT2D eigenvalue weighted by Crippen LogP contribution is -2.50. The second-order valence-corrected chi connectivity index (χ2v) is 12.4. The van der Waals surface area contributed by atoms with Crippen molar-refractivity contribution >= 4 is 15.9 Å². The molecule has 3 atom stereocenters. The number of hydrogen-bond acceptors (Lipinski definition) is 5. The summed E-state index contributed by atoms with van der Waals surface area (Å²) >= 11 is 0. The fraction of sp³-hybridized carbons (Fsp3) is 0.500. The summed E-state index contributed by atoms with van der Waals surface area (Å²) in [7, 11) is -2.18. The first kappa shape index (κ1) is 28.2. The minimum absolute atomic E-state index is 0.0429. The van der Waals surface area contributed by atoms with Gasteiger partial charge in [0.15, 0.2) is 0 Å². The second-order valence-electron chi connectivity index (χ2n) is 10.6. The number of likely N-dealkylation sites (N-methyl/N-ethyl adjacent to an activating group) is 1. The van der Waals surface area contributed by atoms with Crippen LogP contribution in [0.25, 0.3) is 0 Å². The molecule has 0 aromatic heterocycles. The zero-order chi connectivity index (χ0) is 27.3. The van der Waals surface area contributed by atoms with E-state index >= 15 is 0 Å². The van der Waals surface area contributed by atoms with Crippen molar-refractivity contribution in [2.24, 2.45) is 11.8 Å². The molecule has 1 aliphatic carbocycles. The van der Waals surface area contributed by atoms with E-state index in [1.165, 1.54) is 17.1 Å². The number of nitrogens with zero attached hydrogens (tertiary/aromatic N) is 2. The van der Waals surface area contributed by atoms with Gasteiger partial charge in [-0.1, -0.05) is 61.9 Å². The van der Waals surface area contributed by atoms with Crippen LogP contribution in [0.1, 0.15) is 50.7 Å². The predicted octanol–water partition coefficient (Wildman–Crippen LogP) is 3.70. The molecule has 1 heterocycles. The molecule has 0 unspecified atom stereocenters. The quantitative estimate of drug-likeness (QED) is 0.567. The second kappa shape index (κ2) is 12.3. The third-order valence-corrected chi connectivity index (χ3v) is 9.54. The van der Waals surface area contributed by atoms with Crippen LogP contribution >= 0.6 is 0 Å². The van der Waals surface area contributed by atoms with Gasteiger partial charge in [-0.05, 0) is 43.5 Å². The Morgan fingerprint density at radius 1 is 1.18 bits per heavy atom. The van der Waals surface area contributed by atoms with Crippen LogP contribution in [0, 0.1) is 23.7 Å². The Morgan fingerprint density at radius 2 is 1.89 bits per heavy atom. The van der Waals surface area contributed by atoms with Crippen molar-refractivity contribution in [2.75, 3.05) is 26.7 Å². The summed E-state index contributed by atoms with van der Waals surface area (Å²) < 4.78 is 35.1. The molecule has 1 aliphatic heterocycles. The number of hydrogen-bond donors (Lipinski definition) is 1. The van der Waals surface area contributed by atoms with Gasteiger partial charge in [-0.3, -0.25) is 4.79 Å². The predicted molar refractivity (Wildman–Crippen MR) is 147 cm³/mol. The van der Waals surface area contributed by atoms with Crippen LogP contribution < -0.4 is 4.74 Å². The van der Waals surface area contributed by atoms with Crippen LogP contribution in [0.15, 0.2) is 53.4 Å². The van der Waals surface area contributed by atoms with E-state index in [1.807, 2.05) is 37.3 Å². The molecule has 38 heavy (non-hydrogen) atoms. The fourth-order valence-electron chi connectivity index (χ4n) is 5.05. The number of ether oxygens (including phenoxy) is 1. The lowest BCUT2D eigenvalue weighted by Gasteiger charge is -2.37. The zero-order valence-corrected chi connectivity index (χ0v) is 23.3. The summed E-state index contributed by atoms with van der Waals surface area (Å²) in [6.07, 6.45) is 4.40. The molecule has 0 bridgehead atoms. The SMILES string of the molecule is C[C@@H]1CN([C@H](C)CO)S(=O)(=O)c2ccc(C#CC3CCCC3)cc2O[C@H]1CN(C)C(=O)Cc1ccccc1. The minimum atomic E-state index is -3.92. The molecule has 1 N–H and O–H groups in total. The van der Waals surface area contributed by atoms with Gasteiger partial charge >= 0.3 is 0 Å². The third kappa shape index (κ3) is 6.58. The monoisotopic (exact) mass is 538 g/mol. The van der Waals surface area contributed by atoms with E-state index in [0.29, 0.717) is 18.0 Å². The molecule has 8 heteroatoms. The highest BCUT2D eigenvalue weighted by atomic mass is 32.2. The maximum absolute atomic E-state index is 13.7. The van der Waals surface area contributed by atoms with Crippen molar-refractivity contribution in [3.05, 3.63) is 59.7 Å². The summed E-state index contributed by atoms with van der Waals surface area (Å²) in [5, 5.41) is 9.85. The minimum Gasteiger partial charge on any atom is -0.487 e.